The van der Waals surface area contributed by atoms with E-state index in [1.807, 2.05) is 0 Å². The van der Waals surface area contributed by atoms with Crippen molar-refractivity contribution in [2.45, 2.75) is 25.9 Å². The minimum atomic E-state index is -4.50. The molecule has 0 atom stereocenters. The van der Waals surface area contributed by atoms with Gasteiger partial charge in [0, 0.05) is 12.1 Å². The molecule has 0 spiro atoms. The predicted molar refractivity (Wildman–Crippen MR) is 88.5 cm³/mol. The van der Waals surface area contributed by atoms with Crippen molar-refractivity contribution in [1.82, 2.24) is 10.2 Å². The van der Waals surface area contributed by atoms with Crippen LogP contribution >= 0.6 is 0 Å². The fourth-order valence-corrected chi connectivity index (χ4v) is 2.56. The van der Waals surface area contributed by atoms with Gasteiger partial charge in [0.1, 0.15) is 0 Å². The van der Waals surface area contributed by atoms with Gasteiger partial charge < -0.3 is 9.64 Å². The van der Waals surface area contributed by atoms with Crippen LogP contribution in [0, 0.1) is 0 Å². The maximum Gasteiger partial charge on any atom is 0.416 e. The largest absolute Gasteiger partial charge is 0.465 e. The number of amidine groups is 1. The van der Waals surface area contributed by atoms with Crippen LogP contribution in [0.1, 0.15) is 35.7 Å². The first-order valence-corrected chi connectivity index (χ1v) is 8.28. The normalized spacial score (nSPS) is 16.1. The molecule has 2 rings (SSSR count). The van der Waals surface area contributed by atoms with Gasteiger partial charge in [-0.3, -0.25) is 10.1 Å². The second kappa shape index (κ2) is 8.84. The maximum absolute atomic E-state index is 12.7. The number of ether oxygens (including phenoxy) is 1. The van der Waals surface area contributed by atoms with Crippen LogP contribution < -0.4 is 5.32 Å². The molecule has 0 radical (unpaired) electrons. The second-order valence-corrected chi connectivity index (χ2v) is 5.70. The number of halogens is 3. The first-order valence-electron chi connectivity index (χ1n) is 8.28. The smallest absolute Gasteiger partial charge is 0.416 e. The number of rotatable bonds is 5. The van der Waals surface area contributed by atoms with Gasteiger partial charge >= 0.3 is 6.18 Å². The van der Waals surface area contributed by atoms with Crippen LogP contribution in [-0.2, 0) is 10.9 Å². The average molecular weight is 357 g/mol. The van der Waals surface area contributed by atoms with E-state index >= 15 is 0 Å². The number of carbonyl (C=O) groups is 1. The van der Waals surface area contributed by atoms with Crippen molar-refractivity contribution in [2.24, 2.45) is 4.99 Å². The van der Waals surface area contributed by atoms with Crippen molar-refractivity contribution >= 4 is 11.9 Å². The maximum atomic E-state index is 12.7. The number of benzene rings is 1. The predicted octanol–water partition coefficient (Wildman–Crippen LogP) is 2.92. The summed E-state index contributed by atoms with van der Waals surface area (Å²) < 4.78 is 43.5. The summed E-state index contributed by atoms with van der Waals surface area (Å²) in [5.74, 6) is -0.681. The van der Waals surface area contributed by atoms with E-state index in [0.717, 1.165) is 31.8 Å². The average Bonchev–Trinajstić information content (AvgIpc) is 3.07. The number of aliphatic imine (C=N–C) groups is 1. The van der Waals surface area contributed by atoms with Crippen molar-refractivity contribution in [1.29, 1.82) is 0 Å². The third-order valence-electron chi connectivity index (χ3n) is 3.82. The fraction of sp³-hybridized carbons (Fsp3) is 0.529. The van der Waals surface area contributed by atoms with Crippen molar-refractivity contribution in [3.63, 3.8) is 0 Å². The van der Waals surface area contributed by atoms with E-state index in [2.05, 4.69) is 15.2 Å². The molecule has 138 valence electrons. The van der Waals surface area contributed by atoms with E-state index < -0.39 is 17.6 Å². The van der Waals surface area contributed by atoms with Gasteiger partial charge in [0.05, 0.1) is 18.7 Å². The Balaban J connectivity index is 1.99. The van der Waals surface area contributed by atoms with Crippen LogP contribution in [0.3, 0.4) is 0 Å². The lowest BCUT2D eigenvalue weighted by Crippen LogP contribution is -2.33. The molecule has 5 nitrogen and oxygen atoms in total. The van der Waals surface area contributed by atoms with Gasteiger partial charge in [-0.15, -0.1) is 0 Å². The Bertz CT molecular complexity index is 611. The molecule has 1 amide bonds. The zero-order valence-corrected chi connectivity index (χ0v) is 14.1. The van der Waals surface area contributed by atoms with Crippen LogP contribution in [-0.4, -0.2) is 49.6 Å². The van der Waals surface area contributed by atoms with Crippen molar-refractivity contribution in [3.8, 4) is 0 Å². The second-order valence-electron chi connectivity index (χ2n) is 5.70. The first kappa shape index (κ1) is 19.2. The minimum absolute atomic E-state index is 0.0316. The molecule has 8 heteroatoms. The molecule has 1 aromatic rings. The Kier molecular flexibility index (Phi) is 6.81. The number of carbonyl (C=O) groups excluding carboxylic acids is 1. The standard InChI is InChI=1S/C17H22F3N3O2/c1-2-25-16(21-8-11-23-9-3-4-10-23)22-15(24)13-6-5-7-14(12-13)17(18,19)20/h5-7,12H,2-4,8-11H2,1H3,(H,21,22,24). The molecular weight excluding hydrogens is 335 g/mol. The summed E-state index contributed by atoms with van der Waals surface area (Å²) in [4.78, 5) is 18.7. The molecule has 1 aliphatic heterocycles. The third-order valence-corrected chi connectivity index (χ3v) is 3.82. The number of amides is 1. The Morgan fingerprint density at radius 2 is 2.04 bits per heavy atom. The van der Waals surface area contributed by atoms with Gasteiger partial charge in [-0.2, -0.15) is 13.2 Å². The van der Waals surface area contributed by atoms with Gasteiger partial charge in [-0.25, -0.2) is 4.99 Å². The number of likely N-dealkylation sites (tertiary alicyclic amines) is 1. The summed E-state index contributed by atoms with van der Waals surface area (Å²) in [6.45, 7) is 5.33. The summed E-state index contributed by atoms with van der Waals surface area (Å²) in [5, 5.41) is 2.44. The highest BCUT2D eigenvalue weighted by Crippen LogP contribution is 2.29. The molecule has 1 N–H and O–H groups in total. The van der Waals surface area contributed by atoms with Gasteiger partial charge in [0.15, 0.2) is 0 Å². The number of alkyl halides is 3. The van der Waals surface area contributed by atoms with Crippen molar-refractivity contribution < 1.29 is 22.7 Å². The summed E-state index contributed by atoms with van der Waals surface area (Å²) in [6.07, 6.45) is -2.15. The molecule has 0 unspecified atom stereocenters. The Morgan fingerprint density at radius 1 is 1.32 bits per heavy atom. The lowest BCUT2D eigenvalue weighted by molar-refractivity contribution is -0.137. The Hall–Kier alpha value is -2.09. The van der Waals surface area contributed by atoms with Crippen molar-refractivity contribution in [3.05, 3.63) is 35.4 Å². The lowest BCUT2D eigenvalue weighted by atomic mass is 10.1. The lowest BCUT2D eigenvalue weighted by Gasteiger charge is -2.14. The summed E-state index contributed by atoms with van der Waals surface area (Å²) in [5.41, 5.74) is -0.967. The van der Waals surface area contributed by atoms with Gasteiger partial charge in [-0.05, 0) is 51.1 Å². The van der Waals surface area contributed by atoms with Crippen LogP contribution in [0.2, 0.25) is 0 Å². The molecule has 0 aliphatic carbocycles. The number of nitrogens with one attached hydrogen (secondary N) is 1. The van der Waals surface area contributed by atoms with Crippen molar-refractivity contribution in [2.75, 3.05) is 32.8 Å². The van der Waals surface area contributed by atoms with E-state index in [4.69, 9.17) is 4.74 Å². The molecule has 0 bridgehead atoms. The van der Waals surface area contributed by atoms with Gasteiger partial charge in [-0.1, -0.05) is 6.07 Å². The quantitative estimate of drug-likeness (QED) is 0.651. The molecule has 1 saturated heterocycles. The summed E-state index contributed by atoms with van der Waals surface area (Å²) in [6, 6.07) is 4.28. The van der Waals surface area contributed by atoms with E-state index in [1.165, 1.54) is 25.0 Å². The zero-order chi connectivity index (χ0) is 18.3. The SMILES string of the molecule is CCOC(=NCCN1CCCC1)NC(=O)c1cccc(C(F)(F)F)c1. The molecule has 1 aromatic carbocycles. The molecule has 0 saturated carbocycles. The number of hydrogen-bond acceptors (Lipinski definition) is 4. The molecule has 0 aromatic heterocycles. The molecule has 1 heterocycles. The summed E-state index contributed by atoms with van der Waals surface area (Å²) in [7, 11) is 0. The van der Waals surface area contributed by atoms with Crippen LogP contribution in [0.5, 0.6) is 0 Å². The van der Waals surface area contributed by atoms with E-state index in [-0.39, 0.29) is 11.6 Å². The van der Waals surface area contributed by atoms with E-state index in [9.17, 15) is 18.0 Å². The van der Waals surface area contributed by atoms with E-state index in [0.29, 0.717) is 13.2 Å². The Labute approximate surface area is 144 Å². The monoisotopic (exact) mass is 357 g/mol. The number of nitrogens with zero attached hydrogens (tertiary/aromatic N) is 2. The highest BCUT2D eigenvalue weighted by Gasteiger charge is 2.31. The fourth-order valence-electron chi connectivity index (χ4n) is 2.56. The highest BCUT2D eigenvalue weighted by molar-refractivity contribution is 6.04. The highest BCUT2D eigenvalue weighted by atomic mass is 19.4. The Morgan fingerprint density at radius 3 is 2.68 bits per heavy atom. The van der Waals surface area contributed by atoms with Crippen LogP contribution in [0.4, 0.5) is 13.2 Å². The summed E-state index contributed by atoms with van der Waals surface area (Å²) >= 11 is 0. The third kappa shape index (κ3) is 6.04. The van der Waals surface area contributed by atoms with E-state index in [1.54, 1.807) is 6.92 Å². The van der Waals surface area contributed by atoms with Gasteiger partial charge in [0.25, 0.3) is 11.9 Å². The first-order chi connectivity index (χ1) is 11.9. The van der Waals surface area contributed by atoms with Crippen LogP contribution in [0.15, 0.2) is 29.3 Å². The molecule has 1 fully saturated rings. The number of hydrogen-bond donors (Lipinski definition) is 1. The molecule has 1 aliphatic rings. The topological polar surface area (TPSA) is 53.9 Å². The zero-order valence-electron chi connectivity index (χ0n) is 14.1. The molecule has 25 heavy (non-hydrogen) atoms. The van der Waals surface area contributed by atoms with Crippen LogP contribution in [0.25, 0.3) is 0 Å². The minimum Gasteiger partial charge on any atom is -0.465 e. The molecular formula is C17H22F3N3O2. The van der Waals surface area contributed by atoms with Gasteiger partial charge in [0.2, 0.25) is 0 Å².